The van der Waals surface area contributed by atoms with Gasteiger partial charge in [-0.05, 0) is 51.4 Å². The second kappa shape index (κ2) is 14.8. The van der Waals surface area contributed by atoms with Crippen molar-refractivity contribution in [2.24, 2.45) is 17.8 Å². The van der Waals surface area contributed by atoms with Gasteiger partial charge in [-0.3, -0.25) is 4.79 Å². The number of aliphatic hydroxyl groups is 3. The molecule has 5 heteroatoms. The van der Waals surface area contributed by atoms with Crippen LogP contribution in [-0.2, 0) is 9.53 Å². The maximum Gasteiger partial charge on any atom is 0.306 e. The van der Waals surface area contributed by atoms with Gasteiger partial charge < -0.3 is 20.1 Å². The van der Waals surface area contributed by atoms with E-state index in [0.717, 1.165) is 32.1 Å². The van der Waals surface area contributed by atoms with Crippen LogP contribution in [0, 0.1) is 17.8 Å². The zero-order valence-corrected chi connectivity index (χ0v) is 19.4. The molecule has 0 spiro atoms. The Hall–Kier alpha value is -1.17. The number of allylic oxidation sites excluding steroid dienone is 2. The first-order valence-electron chi connectivity index (χ1n) is 11.8. The number of hydrogen-bond donors (Lipinski definition) is 3. The van der Waals surface area contributed by atoms with Gasteiger partial charge in [-0.2, -0.15) is 0 Å². The molecule has 0 saturated heterocycles. The molecule has 0 aliphatic heterocycles. The highest BCUT2D eigenvalue weighted by Crippen LogP contribution is 2.36. The van der Waals surface area contributed by atoms with E-state index in [0.29, 0.717) is 25.2 Å². The van der Waals surface area contributed by atoms with Crippen LogP contribution in [0.15, 0.2) is 24.3 Å². The molecule has 174 valence electrons. The summed E-state index contributed by atoms with van der Waals surface area (Å²) in [6.45, 7) is 8.10. The summed E-state index contributed by atoms with van der Waals surface area (Å²) in [4.78, 5) is 11.5. The number of unbranched alkanes of at least 4 members (excludes halogenated alkanes) is 2. The quantitative estimate of drug-likeness (QED) is 0.216. The minimum absolute atomic E-state index is 0.0495. The van der Waals surface area contributed by atoms with Gasteiger partial charge in [0.05, 0.1) is 24.4 Å². The largest absolute Gasteiger partial charge is 0.463 e. The van der Waals surface area contributed by atoms with Gasteiger partial charge in [0.1, 0.15) is 0 Å². The molecule has 1 saturated carbocycles. The van der Waals surface area contributed by atoms with Crippen LogP contribution < -0.4 is 0 Å². The standard InChI is InChI=1S/C25H44O5/c1-18(2)11-9-10-12-20(26)15-16-22-21(23(27)17-24(22)28)13-7-5-6-8-14-25(29)30-19(3)4/h5,7,15-16,18-24,26-28H,6,8-14,17H2,1-4H3/b7-5-,16-15+/t20-,21+,22+,23-,24+/m0/s1. The Balaban J connectivity index is 2.39. The first-order valence-corrected chi connectivity index (χ1v) is 11.8. The molecule has 3 N–H and O–H groups in total. The van der Waals surface area contributed by atoms with Crippen LogP contribution in [-0.4, -0.2) is 45.7 Å². The van der Waals surface area contributed by atoms with Crippen molar-refractivity contribution < 1.29 is 24.9 Å². The summed E-state index contributed by atoms with van der Waals surface area (Å²) in [5.41, 5.74) is 0. The SMILES string of the molecule is CC(C)CCCC[C@H](O)/C=C/[C@@H]1[C@@H](C/C=C\CCCC(=O)OC(C)C)[C@@H](O)C[C@H]1O. The highest BCUT2D eigenvalue weighted by Gasteiger charge is 2.39. The smallest absolute Gasteiger partial charge is 0.306 e. The highest BCUT2D eigenvalue weighted by molar-refractivity contribution is 5.69. The van der Waals surface area contributed by atoms with Crippen LogP contribution in [0.5, 0.6) is 0 Å². The fraction of sp³-hybridized carbons (Fsp3) is 0.800. The molecule has 5 nitrogen and oxygen atoms in total. The Morgan fingerprint density at radius 2 is 1.73 bits per heavy atom. The zero-order chi connectivity index (χ0) is 22.5. The molecule has 0 aromatic rings. The molecule has 1 aliphatic rings. The van der Waals surface area contributed by atoms with Gasteiger partial charge in [0, 0.05) is 18.8 Å². The van der Waals surface area contributed by atoms with Gasteiger partial charge >= 0.3 is 5.97 Å². The number of carbonyl (C=O) groups is 1. The van der Waals surface area contributed by atoms with E-state index in [1.165, 1.54) is 6.42 Å². The molecule has 1 rings (SSSR count). The molecule has 0 bridgehead atoms. The van der Waals surface area contributed by atoms with Crippen molar-refractivity contribution in [1.82, 2.24) is 0 Å². The van der Waals surface area contributed by atoms with Gasteiger partial charge in [-0.25, -0.2) is 0 Å². The molecule has 0 radical (unpaired) electrons. The zero-order valence-electron chi connectivity index (χ0n) is 19.4. The third kappa shape index (κ3) is 11.3. The lowest BCUT2D eigenvalue weighted by Crippen LogP contribution is -2.20. The van der Waals surface area contributed by atoms with Crippen molar-refractivity contribution in [3.05, 3.63) is 24.3 Å². The lowest BCUT2D eigenvalue weighted by Gasteiger charge is -2.19. The Bertz CT molecular complexity index is 526. The summed E-state index contributed by atoms with van der Waals surface area (Å²) < 4.78 is 5.11. The first-order chi connectivity index (χ1) is 14.2. The van der Waals surface area contributed by atoms with Gasteiger partial charge in [0.25, 0.3) is 0 Å². The average Bonchev–Trinajstić information content (AvgIpc) is 2.91. The Morgan fingerprint density at radius 1 is 1.03 bits per heavy atom. The van der Waals surface area contributed by atoms with Crippen molar-refractivity contribution >= 4 is 5.97 Å². The molecule has 0 aromatic heterocycles. The van der Waals surface area contributed by atoms with Gasteiger partial charge in [0.2, 0.25) is 0 Å². The second-order valence-electron chi connectivity index (χ2n) is 9.38. The van der Waals surface area contributed by atoms with E-state index in [9.17, 15) is 20.1 Å². The number of rotatable bonds is 14. The lowest BCUT2D eigenvalue weighted by atomic mass is 9.89. The minimum atomic E-state index is -0.575. The van der Waals surface area contributed by atoms with Crippen LogP contribution >= 0.6 is 0 Å². The topological polar surface area (TPSA) is 87.0 Å². The molecular formula is C25H44O5. The van der Waals surface area contributed by atoms with Crippen LogP contribution in [0.2, 0.25) is 0 Å². The van der Waals surface area contributed by atoms with Crippen molar-refractivity contribution in [1.29, 1.82) is 0 Å². The summed E-state index contributed by atoms with van der Waals surface area (Å²) in [6, 6.07) is 0. The molecule has 1 fully saturated rings. The summed E-state index contributed by atoms with van der Waals surface area (Å²) in [5.74, 6) is 0.332. The number of esters is 1. The Kier molecular flexibility index (Phi) is 13.2. The summed E-state index contributed by atoms with van der Waals surface area (Å²) in [6.07, 6.45) is 13.1. The van der Waals surface area contributed by atoms with E-state index in [1.54, 1.807) is 6.08 Å². The monoisotopic (exact) mass is 424 g/mol. The summed E-state index contributed by atoms with van der Waals surface area (Å²) in [5, 5.41) is 30.9. The number of ether oxygens (including phenoxy) is 1. The van der Waals surface area contributed by atoms with E-state index in [-0.39, 0.29) is 23.9 Å². The first kappa shape index (κ1) is 26.9. The third-order valence-electron chi connectivity index (χ3n) is 5.70. The van der Waals surface area contributed by atoms with Gasteiger partial charge in [0.15, 0.2) is 0 Å². The van der Waals surface area contributed by atoms with Gasteiger partial charge in [-0.15, -0.1) is 0 Å². The van der Waals surface area contributed by atoms with Crippen LogP contribution in [0.4, 0.5) is 0 Å². The van der Waals surface area contributed by atoms with E-state index < -0.39 is 18.3 Å². The van der Waals surface area contributed by atoms with E-state index in [2.05, 4.69) is 13.8 Å². The van der Waals surface area contributed by atoms with Crippen molar-refractivity contribution in [3.8, 4) is 0 Å². The maximum atomic E-state index is 11.5. The fourth-order valence-corrected chi connectivity index (χ4v) is 4.02. The van der Waals surface area contributed by atoms with E-state index >= 15 is 0 Å². The van der Waals surface area contributed by atoms with Crippen LogP contribution in [0.1, 0.15) is 85.5 Å². The minimum Gasteiger partial charge on any atom is -0.463 e. The number of hydrogen-bond acceptors (Lipinski definition) is 5. The molecule has 0 amide bonds. The summed E-state index contributed by atoms with van der Waals surface area (Å²) in [7, 11) is 0. The molecule has 5 atom stereocenters. The van der Waals surface area contributed by atoms with Crippen molar-refractivity contribution in [2.75, 3.05) is 0 Å². The third-order valence-corrected chi connectivity index (χ3v) is 5.70. The fourth-order valence-electron chi connectivity index (χ4n) is 4.02. The predicted octanol–water partition coefficient (Wildman–Crippen LogP) is 4.55. The average molecular weight is 425 g/mol. The molecule has 1 aliphatic carbocycles. The van der Waals surface area contributed by atoms with E-state index in [1.807, 2.05) is 32.1 Å². The number of aliphatic hydroxyl groups excluding tert-OH is 3. The Morgan fingerprint density at radius 3 is 2.40 bits per heavy atom. The van der Waals surface area contributed by atoms with Gasteiger partial charge in [-0.1, -0.05) is 57.4 Å². The molecule has 0 unspecified atom stereocenters. The lowest BCUT2D eigenvalue weighted by molar-refractivity contribution is -0.147. The van der Waals surface area contributed by atoms with Crippen LogP contribution in [0.25, 0.3) is 0 Å². The molecule has 0 aromatic carbocycles. The van der Waals surface area contributed by atoms with Crippen molar-refractivity contribution in [3.63, 3.8) is 0 Å². The maximum absolute atomic E-state index is 11.5. The van der Waals surface area contributed by atoms with Crippen LogP contribution in [0.3, 0.4) is 0 Å². The number of carbonyl (C=O) groups excluding carboxylic acids is 1. The molecule has 30 heavy (non-hydrogen) atoms. The summed E-state index contributed by atoms with van der Waals surface area (Å²) >= 11 is 0. The predicted molar refractivity (Wildman–Crippen MR) is 121 cm³/mol. The Labute approximate surface area is 183 Å². The highest BCUT2D eigenvalue weighted by atomic mass is 16.5. The molecular weight excluding hydrogens is 380 g/mol. The molecule has 0 heterocycles. The normalized spacial score (nSPS) is 25.8. The van der Waals surface area contributed by atoms with E-state index in [4.69, 9.17) is 4.74 Å². The van der Waals surface area contributed by atoms with Crippen molar-refractivity contribution in [2.45, 2.75) is 110 Å². The second-order valence-corrected chi connectivity index (χ2v) is 9.38.